The maximum Gasteiger partial charge on any atom is 0.260 e. The van der Waals surface area contributed by atoms with Gasteiger partial charge in [0.25, 0.3) is 5.92 Å². The molecule has 2 nitrogen and oxygen atoms in total. The molecule has 1 rings (SSSR count). The maximum atomic E-state index is 13.0. The number of hydrogen-bond acceptors (Lipinski definition) is 2. The molecule has 0 saturated carbocycles. The third kappa shape index (κ3) is 5.42. The molecule has 1 saturated heterocycles. The molecule has 0 aromatic heterocycles. The Labute approximate surface area is 90.6 Å². The predicted octanol–water partition coefficient (Wildman–Crippen LogP) is 2.53. The molecule has 0 spiro atoms. The molecule has 1 heterocycles. The zero-order valence-corrected chi connectivity index (χ0v) is 9.48. The summed E-state index contributed by atoms with van der Waals surface area (Å²) < 4.78 is 31.4. The standard InChI is InChI=1S/C11H21F2NO/c1-2-3-8-15-9-7-14-6-4-5-11(12,13)10-14/h2-10H2,1H3. The first-order valence-corrected chi connectivity index (χ1v) is 5.82. The van der Waals surface area contributed by atoms with Crippen molar-refractivity contribution in [1.29, 1.82) is 0 Å². The first-order chi connectivity index (χ1) is 7.14. The van der Waals surface area contributed by atoms with Gasteiger partial charge in [0.05, 0.1) is 13.2 Å². The Hall–Kier alpha value is -0.220. The average molecular weight is 221 g/mol. The van der Waals surface area contributed by atoms with Gasteiger partial charge in [-0.05, 0) is 19.4 Å². The average Bonchev–Trinajstić information content (AvgIpc) is 2.16. The number of ether oxygens (including phenoxy) is 1. The third-order valence-electron chi connectivity index (χ3n) is 2.67. The van der Waals surface area contributed by atoms with Crippen molar-refractivity contribution in [1.82, 2.24) is 4.90 Å². The van der Waals surface area contributed by atoms with Crippen LogP contribution in [0.5, 0.6) is 0 Å². The molecule has 0 unspecified atom stereocenters. The second-order valence-electron chi connectivity index (χ2n) is 4.20. The minimum atomic E-state index is -2.48. The molecule has 1 aliphatic heterocycles. The molecule has 0 radical (unpaired) electrons. The van der Waals surface area contributed by atoms with Crippen LogP contribution in [0.3, 0.4) is 0 Å². The number of likely N-dealkylation sites (tertiary alicyclic amines) is 1. The van der Waals surface area contributed by atoms with Crippen LogP contribution < -0.4 is 0 Å². The summed E-state index contributed by atoms with van der Waals surface area (Å²) in [5.41, 5.74) is 0. The molecule has 1 fully saturated rings. The molecule has 0 aromatic carbocycles. The van der Waals surface area contributed by atoms with Crippen molar-refractivity contribution in [3.05, 3.63) is 0 Å². The van der Waals surface area contributed by atoms with Crippen molar-refractivity contribution < 1.29 is 13.5 Å². The number of hydrogen-bond donors (Lipinski definition) is 0. The maximum absolute atomic E-state index is 13.0. The minimum absolute atomic E-state index is 0.0419. The van der Waals surface area contributed by atoms with Gasteiger partial charge in [0.1, 0.15) is 0 Å². The minimum Gasteiger partial charge on any atom is -0.380 e. The Morgan fingerprint density at radius 2 is 2.13 bits per heavy atom. The van der Waals surface area contributed by atoms with E-state index in [1.165, 1.54) is 0 Å². The van der Waals surface area contributed by atoms with Gasteiger partial charge in [-0.1, -0.05) is 13.3 Å². The number of piperidine rings is 1. The van der Waals surface area contributed by atoms with Crippen LogP contribution in [-0.4, -0.2) is 43.7 Å². The first kappa shape index (κ1) is 12.8. The van der Waals surface area contributed by atoms with Crippen LogP contribution in [0, 0.1) is 0 Å². The van der Waals surface area contributed by atoms with Crippen LogP contribution in [0.15, 0.2) is 0 Å². The zero-order chi connectivity index (χ0) is 11.1. The van der Waals surface area contributed by atoms with Gasteiger partial charge in [0.2, 0.25) is 0 Å². The highest BCUT2D eigenvalue weighted by Gasteiger charge is 2.34. The van der Waals surface area contributed by atoms with E-state index in [1.807, 2.05) is 0 Å². The van der Waals surface area contributed by atoms with Crippen LogP contribution >= 0.6 is 0 Å². The Morgan fingerprint density at radius 3 is 2.80 bits per heavy atom. The van der Waals surface area contributed by atoms with E-state index >= 15 is 0 Å². The van der Waals surface area contributed by atoms with Gasteiger partial charge in [-0.3, -0.25) is 4.90 Å². The molecular weight excluding hydrogens is 200 g/mol. The van der Waals surface area contributed by atoms with Crippen LogP contribution in [0.1, 0.15) is 32.6 Å². The molecule has 0 N–H and O–H groups in total. The van der Waals surface area contributed by atoms with E-state index in [0.717, 1.165) is 26.0 Å². The molecule has 90 valence electrons. The Balaban J connectivity index is 2.05. The van der Waals surface area contributed by atoms with Crippen LogP contribution in [0.25, 0.3) is 0 Å². The third-order valence-corrected chi connectivity index (χ3v) is 2.67. The monoisotopic (exact) mass is 221 g/mol. The van der Waals surface area contributed by atoms with Gasteiger partial charge in [-0.2, -0.15) is 0 Å². The summed E-state index contributed by atoms with van der Waals surface area (Å²) in [6, 6.07) is 0. The smallest absolute Gasteiger partial charge is 0.260 e. The molecule has 0 aliphatic carbocycles. The molecular formula is C11H21F2NO. The normalized spacial score (nSPS) is 21.8. The molecule has 0 atom stereocenters. The van der Waals surface area contributed by atoms with E-state index < -0.39 is 5.92 Å². The molecule has 0 bridgehead atoms. The Bertz CT molecular complexity index is 176. The van der Waals surface area contributed by atoms with Crippen molar-refractivity contribution in [2.24, 2.45) is 0 Å². The van der Waals surface area contributed by atoms with E-state index in [2.05, 4.69) is 6.92 Å². The summed E-state index contributed by atoms with van der Waals surface area (Å²) in [7, 11) is 0. The van der Waals surface area contributed by atoms with Gasteiger partial charge in [0.15, 0.2) is 0 Å². The van der Waals surface area contributed by atoms with Crippen molar-refractivity contribution in [3.8, 4) is 0 Å². The fraction of sp³-hybridized carbons (Fsp3) is 1.00. The van der Waals surface area contributed by atoms with Gasteiger partial charge in [0, 0.05) is 19.6 Å². The topological polar surface area (TPSA) is 12.5 Å². The summed E-state index contributed by atoms with van der Waals surface area (Å²) in [6.45, 7) is 4.77. The Morgan fingerprint density at radius 1 is 1.33 bits per heavy atom. The second kappa shape index (κ2) is 6.38. The molecule has 0 aromatic rings. The lowest BCUT2D eigenvalue weighted by Crippen LogP contribution is -2.43. The van der Waals surface area contributed by atoms with Crippen LogP contribution in [0.4, 0.5) is 8.78 Å². The van der Waals surface area contributed by atoms with Crippen molar-refractivity contribution >= 4 is 0 Å². The lowest BCUT2D eigenvalue weighted by atomic mass is 10.1. The van der Waals surface area contributed by atoms with Crippen molar-refractivity contribution in [2.75, 3.05) is 32.8 Å². The van der Waals surface area contributed by atoms with Crippen molar-refractivity contribution in [3.63, 3.8) is 0 Å². The Kier molecular flexibility index (Phi) is 5.47. The summed E-state index contributed by atoms with van der Waals surface area (Å²) >= 11 is 0. The summed E-state index contributed by atoms with van der Waals surface area (Å²) in [5, 5.41) is 0. The highest BCUT2D eigenvalue weighted by Crippen LogP contribution is 2.25. The summed E-state index contributed by atoms with van der Waals surface area (Å²) in [4.78, 5) is 1.80. The number of rotatable bonds is 6. The fourth-order valence-electron chi connectivity index (χ4n) is 1.78. The largest absolute Gasteiger partial charge is 0.380 e. The van der Waals surface area contributed by atoms with Crippen LogP contribution in [-0.2, 0) is 4.74 Å². The van der Waals surface area contributed by atoms with Gasteiger partial charge < -0.3 is 4.74 Å². The van der Waals surface area contributed by atoms with Gasteiger partial charge in [-0.15, -0.1) is 0 Å². The first-order valence-electron chi connectivity index (χ1n) is 5.82. The highest BCUT2D eigenvalue weighted by atomic mass is 19.3. The molecule has 1 aliphatic rings. The lowest BCUT2D eigenvalue weighted by molar-refractivity contribution is -0.0684. The van der Waals surface area contributed by atoms with E-state index in [9.17, 15) is 8.78 Å². The number of halogens is 2. The molecule has 4 heteroatoms. The fourth-order valence-corrected chi connectivity index (χ4v) is 1.78. The number of alkyl halides is 2. The predicted molar refractivity (Wildman–Crippen MR) is 56.3 cm³/mol. The summed E-state index contributed by atoms with van der Waals surface area (Å²) in [6.07, 6.45) is 2.81. The quantitative estimate of drug-likeness (QED) is 0.639. The lowest BCUT2D eigenvalue weighted by Gasteiger charge is -2.32. The highest BCUT2D eigenvalue weighted by molar-refractivity contribution is 4.78. The van der Waals surface area contributed by atoms with E-state index in [-0.39, 0.29) is 13.0 Å². The van der Waals surface area contributed by atoms with E-state index in [1.54, 1.807) is 4.90 Å². The van der Waals surface area contributed by atoms with E-state index in [4.69, 9.17) is 4.74 Å². The van der Waals surface area contributed by atoms with Crippen molar-refractivity contribution in [2.45, 2.75) is 38.5 Å². The second-order valence-corrected chi connectivity index (χ2v) is 4.20. The summed E-state index contributed by atoms with van der Waals surface area (Å²) in [5.74, 6) is -2.48. The van der Waals surface area contributed by atoms with Crippen LogP contribution in [0.2, 0.25) is 0 Å². The molecule has 15 heavy (non-hydrogen) atoms. The molecule has 0 amide bonds. The zero-order valence-electron chi connectivity index (χ0n) is 9.48. The van der Waals surface area contributed by atoms with Gasteiger partial charge in [-0.25, -0.2) is 8.78 Å². The van der Waals surface area contributed by atoms with Gasteiger partial charge >= 0.3 is 0 Å². The SMILES string of the molecule is CCCCOCCN1CCCC(F)(F)C1. The number of unbranched alkanes of at least 4 members (excludes halogenated alkanes) is 1. The number of nitrogens with zero attached hydrogens (tertiary/aromatic N) is 1. The van der Waals surface area contributed by atoms with E-state index in [0.29, 0.717) is 19.6 Å².